The van der Waals surface area contributed by atoms with Gasteiger partial charge in [0.05, 0.1) is 10.6 Å². The van der Waals surface area contributed by atoms with Crippen LogP contribution < -0.4 is 10.6 Å². The normalized spacial score (nSPS) is 10.4. The zero-order valence-electron chi connectivity index (χ0n) is 13.3. The smallest absolute Gasteiger partial charge is 0.266 e. The Hall–Kier alpha value is -2.16. The van der Waals surface area contributed by atoms with Crippen LogP contribution in [0.25, 0.3) is 11.3 Å². The first-order valence-corrected chi connectivity index (χ1v) is 10.1. The van der Waals surface area contributed by atoms with Crippen LogP contribution in [-0.4, -0.2) is 29.6 Å². The second-order valence-electron chi connectivity index (χ2n) is 4.92. The first-order chi connectivity index (χ1) is 12.2. The topological polar surface area (TPSA) is 71.1 Å². The quantitative estimate of drug-likeness (QED) is 0.626. The van der Waals surface area contributed by atoms with E-state index in [2.05, 4.69) is 15.6 Å². The molecule has 2 heterocycles. The Kier molecular flexibility index (Phi) is 5.85. The molecule has 0 fully saturated rings. The molecule has 2 amide bonds. The van der Waals surface area contributed by atoms with Gasteiger partial charge in [0, 0.05) is 12.6 Å². The summed E-state index contributed by atoms with van der Waals surface area (Å²) in [5.74, 6) is 0.0700. The fourth-order valence-corrected chi connectivity index (χ4v) is 4.56. The number of amides is 2. The van der Waals surface area contributed by atoms with Gasteiger partial charge in [-0.3, -0.25) is 9.59 Å². The van der Waals surface area contributed by atoms with Crippen LogP contribution >= 0.6 is 34.4 Å². The predicted octanol–water partition coefficient (Wildman–Crippen LogP) is 3.96. The van der Waals surface area contributed by atoms with Crippen LogP contribution in [0, 0.1) is 0 Å². The molecule has 0 radical (unpaired) electrons. The fourth-order valence-electron chi connectivity index (χ4n) is 2.01. The summed E-state index contributed by atoms with van der Waals surface area (Å²) in [6.07, 6.45) is 0. The van der Waals surface area contributed by atoms with Gasteiger partial charge in [0.1, 0.15) is 10.7 Å². The van der Waals surface area contributed by atoms with Crippen molar-refractivity contribution in [3.63, 3.8) is 0 Å². The largest absolute Gasteiger partial charge is 0.358 e. The van der Waals surface area contributed by atoms with E-state index >= 15 is 0 Å². The molecule has 5 nitrogen and oxygen atoms in total. The fraction of sp³-hybridized carbons (Fsp3) is 0.118. The third-order valence-electron chi connectivity index (χ3n) is 3.23. The van der Waals surface area contributed by atoms with Gasteiger partial charge < -0.3 is 10.6 Å². The van der Waals surface area contributed by atoms with Gasteiger partial charge in [0.2, 0.25) is 5.91 Å². The highest BCUT2D eigenvalue weighted by molar-refractivity contribution is 8.01. The number of nitrogens with one attached hydrogen (secondary N) is 2. The van der Waals surface area contributed by atoms with Crippen LogP contribution in [0.3, 0.4) is 0 Å². The van der Waals surface area contributed by atoms with Gasteiger partial charge in [-0.05, 0) is 11.4 Å². The molecule has 0 saturated carbocycles. The summed E-state index contributed by atoms with van der Waals surface area (Å²) < 4.78 is 0.740. The lowest BCUT2D eigenvalue weighted by Crippen LogP contribution is -2.19. The van der Waals surface area contributed by atoms with Crippen LogP contribution in [0.15, 0.2) is 52.2 Å². The van der Waals surface area contributed by atoms with Crippen molar-refractivity contribution in [2.45, 2.75) is 4.34 Å². The number of thioether (sulfide) groups is 1. The zero-order valence-corrected chi connectivity index (χ0v) is 15.8. The van der Waals surface area contributed by atoms with E-state index in [0.717, 1.165) is 15.6 Å². The number of hydrogen-bond donors (Lipinski definition) is 2. The van der Waals surface area contributed by atoms with E-state index in [1.165, 1.54) is 34.4 Å². The molecule has 25 heavy (non-hydrogen) atoms. The van der Waals surface area contributed by atoms with Crippen molar-refractivity contribution in [3.8, 4) is 11.3 Å². The zero-order chi connectivity index (χ0) is 17.6. The van der Waals surface area contributed by atoms with E-state index in [1.54, 1.807) is 13.1 Å². The molecular weight excluding hydrogens is 374 g/mol. The van der Waals surface area contributed by atoms with Gasteiger partial charge in [-0.1, -0.05) is 59.5 Å². The Morgan fingerprint density at radius 3 is 2.64 bits per heavy atom. The summed E-state index contributed by atoms with van der Waals surface area (Å²) >= 11 is 4.12. The van der Waals surface area contributed by atoms with Gasteiger partial charge in [-0.25, -0.2) is 4.98 Å². The summed E-state index contributed by atoms with van der Waals surface area (Å²) in [6, 6.07) is 13.3. The van der Waals surface area contributed by atoms with Gasteiger partial charge in [0.15, 0.2) is 4.34 Å². The van der Waals surface area contributed by atoms with Gasteiger partial charge in [-0.2, -0.15) is 0 Å². The predicted molar refractivity (Wildman–Crippen MR) is 105 cm³/mol. The monoisotopic (exact) mass is 389 g/mol. The number of anilines is 1. The molecule has 8 heteroatoms. The van der Waals surface area contributed by atoms with Crippen molar-refractivity contribution >= 4 is 51.3 Å². The lowest BCUT2D eigenvalue weighted by molar-refractivity contribution is -0.118. The summed E-state index contributed by atoms with van der Waals surface area (Å²) in [6.45, 7) is 0. The van der Waals surface area contributed by atoms with Crippen molar-refractivity contribution in [1.82, 2.24) is 10.3 Å². The highest BCUT2D eigenvalue weighted by atomic mass is 32.2. The highest BCUT2D eigenvalue weighted by Gasteiger charge is 2.17. The second-order valence-corrected chi connectivity index (χ2v) is 8.09. The van der Waals surface area contributed by atoms with Crippen molar-refractivity contribution in [3.05, 3.63) is 52.7 Å². The Balaban J connectivity index is 1.87. The average molecular weight is 390 g/mol. The van der Waals surface area contributed by atoms with E-state index in [1.807, 2.05) is 41.8 Å². The molecule has 0 aliphatic carbocycles. The number of nitrogens with zero attached hydrogens (tertiary/aromatic N) is 1. The molecule has 2 aromatic heterocycles. The number of thiazole rings is 1. The maximum absolute atomic E-state index is 12.4. The van der Waals surface area contributed by atoms with Crippen molar-refractivity contribution in [2.24, 2.45) is 0 Å². The Morgan fingerprint density at radius 1 is 1.16 bits per heavy atom. The van der Waals surface area contributed by atoms with Crippen LogP contribution in [0.5, 0.6) is 0 Å². The highest BCUT2D eigenvalue weighted by Crippen LogP contribution is 2.37. The molecule has 0 spiro atoms. The number of aromatic nitrogens is 1. The number of carbonyl (C=O) groups excluding carboxylic acids is 2. The van der Waals surface area contributed by atoms with Gasteiger partial charge in [-0.15, -0.1) is 11.3 Å². The molecule has 0 bridgehead atoms. The standard InChI is InChI=1S/C17H15N3O2S3/c1-18-13(21)10-24-17-19-14(11-6-3-2-4-7-11)16(25-17)20-15(22)12-8-5-9-23-12/h2-9H,10H2,1H3,(H,18,21)(H,20,22). The minimum absolute atomic E-state index is 0.0642. The molecule has 0 atom stereocenters. The average Bonchev–Trinajstić information content (AvgIpc) is 3.30. The lowest BCUT2D eigenvalue weighted by Gasteiger charge is -2.03. The van der Waals surface area contributed by atoms with E-state index < -0.39 is 0 Å². The molecular formula is C17H15N3O2S3. The lowest BCUT2D eigenvalue weighted by atomic mass is 10.2. The third-order valence-corrected chi connectivity index (χ3v) is 6.21. The first kappa shape index (κ1) is 17.7. The Bertz CT molecular complexity index is 861. The molecule has 1 aromatic carbocycles. The van der Waals surface area contributed by atoms with E-state index in [9.17, 15) is 9.59 Å². The third kappa shape index (κ3) is 4.47. The second kappa shape index (κ2) is 8.28. The number of rotatable bonds is 6. The first-order valence-electron chi connectivity index (χ1n) is 7.42. The molecule has 0 saturated heterocycles. The number of benzene rings is 1. The van der Waals surface area contributed by atoms with Crippen LogP contribution in [0.4, 0.5) is 5.00 Å². The molecule has 0 aliphatic heterocycles. The molecule has 3 aromatic rings. The van der Waals surface area contributed by atoms with E-state index in [4.69, 9.17) is 0 Å². The molecule has 3 rings (SSSR count). The summed E-state index contributed by atoms with van der Waals surface area (Å²) in [7, 11) is 1.60. The minimum Gasteiger partial charge on any atom is -0.358 e. The molecule has 0 aliphatic rings. The van der Waals surface area contributed by atoms with Crippen molar-refractivity contribution in [1.29, 1.82) is 0 Å². The van der Waals surface area contributed by atoms with Crippen LogP contribution in [0.2, 0.25) is 0 Å². The van der Waals surface area contributed by atoms with Crippen molar-refractivity contribution < 1.29 is 9.59 Å². The summed E-state index contributed by atoms with van der Waals surface area (Å²) in [5.41, 5.74) is 1.64. The maximum Gasteiger partial charge on any atom is 0.266 e. The van der Waals surface area contributed by atoms with E-state index in [-0.39, 0.29) is 17.6 Å². The van der Waals surface area contributed by atoms with Crippen LogP contribution in [-0.2, 0) is 4.79 Å². The molecule has 2 N–H and O–H groups in total. The Labute approximate surface area is 157 Å². The van der Waals surface area contributed by atoms with Crippen LogP contribution in [0.1, 0.15) is 9.67 Å². The SMILES string of the molecule is CNC(=O)CSc1nc(-c2ccccc2)c(NC(=O)c2cccs2)s1. The Morgan fingerprint density at radius 2 is 1.96 bits per heavy atom. The molecule has 128 valence electrons. The summed E-state index contributed by atoms with van der Waals surface area (Å²) in [4.78, 5) is 29.1. The van der Waals surface area contributed by atoms with E-state index in [0.29, 0.717) is 9.88 Å². The molecule has 0 unspecified atom stereocenters. The number of thiophene rings is 1. The van der Waals surface area contributed by atoms with Gasteiger partial charge in [0.25, 0.3) is 5.91 Å². The number of carbonyl (C=O) groups is 2. The maximum atomic E-state index is 12.4. The van der Waals surface area contributed by atoms with Gasteiger partial charge >= 0.3 is 0 Å². The number of hydrogen-bond acceptors (Lipinski definition) is 6. The minimum atomic E-state index is -0.154. The summed E-state index contributed by atoms with van der Waals surface area (Å²) in [5, 5.41) is 8.08. The van der Waals surface area contributed by atoms with Crippen molar-refractivity contribution in [2.75, 3.05) is 18.1 Å².